The van der Waals surface area contributed by atoms with Crippen LogP contribution < -0.4 is 9.64 Å². The molecule has 0 spiro atoms. The first kappa shape index (κ1) is 22.2. The predicted molar refractivity (Wildman–Crippen MR) is 120 cm³/mol. The van der Waals surface area contributed by atoms with E-state index in [1.54, 1.807) is 0 Å². The number of hydrogen-bond donors (Lipinski definition) is 1. The van der Waals surface area contributed by atoms with Crippen LogP contribution in [0.3, 0.4) is 0 Å². The first-order chi connectivity index (χ1) is 14.4. The lowest BCUT2D eigenvalue weighted by molar-refractivity contribution is -0.136. The largest absolute Gasteiger partial charge is 0.493 e. The molecule has 2 atom stereocenters. The van der Waals surface area contributed by atoms with E-state index in [1.165, 1.54) is 29.7 Å². The van der Waals surface area contributed by atoms with Crippen molar-refractivity contribution in [1.82, 2.24) is 9.55 Å². The zero-order valence-electron chi connectivity index (χ0n) is 18.7. The lowest BCUT2D eigenvalue weighted by Crippen LogP contribution is -2.33. The van der Waals surface area contributed by atoms with Gasteiger partial charge in [0.05, 0.1) is 19.4 Å². The van der Waals surface area contributed by atoms with Crippen LogP contribution in [0.25, 0.3) is 0 Å². The van der Waals surface area contributed by atoms with E-state index in [2.05, 4.69) is 48.2 Å². The Morgan fingerprint density at radius 3 is 2.73 bits per heavy atom. The normalized spacial score (nSPS) is 17.9. The van der Waals surface area contributed by atoms with E-state index in [0.29, 0.717) is 12.5 Å². The molecule has 1 aliphatic rings. The Kier molecular flexibility index (Phi) is 7.40. The highest BCUT2D eigenvalue weighted by Crippen LogP contribution is 2.48. The van der Waals surface area contributed by atoms with Gasteiger partial charge in [0.25, 0.3) is 0 Å². The molecule has 6 heteroatoms. The molecule has 164 valence electrons. The Balaban J connectivity index is 1.90. The highest BCUT2D eigenvalue weighted by atomic mass is 16.5. The smallest absolute Gasteiger partial charge is 0.305 e. The van der Waals surface area contributed by atoms with Gasteiger partial charge in [-0.05, 0) is 56.4 Å². The molecule has 0 aliphatic carbocycles. The molecule has 0 bridgehead atoms. The van der Waals surface area contributed by atoms with Crippen molar-refractivity contribution in [3.8, 4) is 5.75 Å². The fourth-order valence-electron chi connectivity index (χ4n) is 4.72. The first-order valence-corrected chi connectivity index (χ1v) is 11.1. The van der Waals surface area contributed by atoms with E-state index in [4.69, 9.17) is 4.74 Å². The molecule has 3 rings (SSSR count). The SMILES string of the molecule is CCCCCOc1c(C)cc2c(c1C)C(CCn1ccnc1)C(C)N2CCC(=O)O. The van der Waals surface area contributed by atoms with Crippen molar-refractivity contribution in [2.24, 2.45) is 0 Å². The van der Waals surface area contributed by atoms with Crippen molar-refractivity contribution >= 4 is 11.7 Å². The fraction of sp³-hybridized carbons (Fsp3) is 0.583. The summed E-state index contributed by atoms with van der Waals surface area (Å²) in [5, 5.41) is 9.24. The van der Waals surface area contributed by atoms with E-state index < -0.39 is 5.97 Å². The molecule has 0 amide bonds. The summed E-state index contributed by atoms with van der Waals surface area (Å²) in [6, 6.07) is 2.45. The first-order valence-electron chi connectivity index (χ1n) is 11.1. The van der Waals surface area contributed by atoms with Gasteiger partial charge in [-0.25, -0.2) is 4.98 Å². The molecule has 1 aromatic carbocycles. The van der Waals surface area contributed by atoms with E-state index >= 15 is 0 Å². The summed E-state index contributed by atoms with van der Waals surface area (Å²) in [7, 11) is 0. The third kappa shape index (κ3) is 4.79. The van der Waals surface area contributed by atoms with E-state index in [0.717, 1.165) is 37.3 Å². The minimum absolute atomic E-state index is 0.144. The number of aliphatic carboxylic acids is 1. The minimum atomic E-state index is -0.755. The van der Waals surface area contributed by atoms with Gasteiger partial charge in [0, 0.05) is 43.1 Å². The van der Waals surface area contributed by atoms with Gasteiger partial charge in [-0.2, -0.15) is 0 Å². The number of carboxylic acids is 1. The van der Waals surface area contributed by atoms with Gasteiger partial charge in [0.15, 0.2) is 0 Å². The standard InChI is InChI=1S/C24H35N3O3/c1-5-6-7-14-30-24-17(2)15-21-23(18(24)3)20(8-11-26-13-10-25-16-26)19(4)27(21)12-9-22(28)29/h10,13,15-16,19-20H,5-9,11-12,14H2,1-4H3,(H,28,29). The second kappa shape index (κ2) is 10.0. The fourth-order valence-corrected chi connectivity index (χ4v) is 4.72. The van der Waals surface area contributed by atoms with E-state index in [-0.39, 0.29) is 12.5 Å². The lowest BCUT2D eigenvalue weighted by atomic mass is 9.88. The van der Waals surface area contributed by atoms with Gasteiger partial charge in [-0.15, -0.1) is 0 Å². The van der Waals surface area contributed by atoms with Gasteiger partial charge in [-0.3, -0.25) is 4.79 Å². The van der Waals surface area contributed by atoms with Crippen LogP contribution in [0.5, 0.6) is 5.75 Å². The summed E-state index contributed by atoms with van der Waals surface area (Å²) in [5.41, 5.74) is 4.84. The Labute approximate surface area is 179 Å². The molecule has 0 saturated carbocycles. The zero-order valence-corrected chi connectivity index (χ0v) is 18.7. The highest BCUT2D eigenvalue weighted by molar-refractivity contribution is 5.72. The Morgan fingerprint density at radius 1 is 1.27 bits per heavy atom. The maximum Gasteiger partial charge on any atom is 0.305 e. The van der Waals surface area contributed by atoms with Crippen LogP contribution in [0.2, 0.25) is 0 Å². The molecular formula is C24H35N3O3. The van der Waals surface area contributed by atoms with Crippen LogP contribution in [-0.4, -0.2) is 39.8 Å². The molecule has 2 heterocycles. The monoisotopic (exact) mass is 413 g/mol. The second-order valence-electron chi connectivity index (χ2n) is 8.41. The topological polar surface area (TPSA) is 67.6 Å². The summed E-state index contributed by atoms with van der Waals surface area (Å²) in [6.07, 6.45) is 10.2. The number of imidazole rings is 1. The van der Waals surface area contributed by atoms with E-state index in [1.807, 2.05) is 18.7 Å². The molecule has 2 aromatic rings. The number of carbonyl (C=O) groups is 1. The molecular weight excluding hydrogens is 378 g/mol. The average Bonchev–Trinajstić information content (AvgIpc) is 3.30. The molecule has 2 unspecified atom stereocenters. The van der Waals surface area contributed by atoms with Crippen LogP contribution in [0.4, 0.5) is 5.69 Å². The number of unbranched alkanes of at least 4 members (excludes halogenated alkanes) is 2. The molecule has 1 N–H and O–H groups in total. The number of fused-ring (bicyclic) bond motifs is 1. The van der Waals surface area contributed by atoms with Gasteiger partial charge >= 0.3 is 5.97 Å². The molecule has 0 fully saturated rings. The lowest BCUT2D eigenvalue weighted by Gasteiger charge is -2.27. The number of aromatic nitrogens is 2. The number of carboxylic acid groups (broad SMARTS) is 1. The third-order valence-electron chi connectivity index (χ3n) is 6.30. The maximum atomic E-state index is 11.2. The molecule has 0 radical (unpaired) electrons. The number of ether oxygens (including phenoxy) is 1. The number of benzene rings is 1. The maximum absolute atomic E-state index is 11.2. The van der Waals surface area contributed by atoms with Crippen molar-refractivity contribution in [3.05, 3.63) is 41.5 Å². The van der Waals surface area contributed by atoms with Gasteiger partial charge in [-0.1, -0.05) is 19.8 Å². The zero-order chi connectivity index (χ0) is 21.7. The number of hydrogen-bond acceptors (Lipinski definition) is 4. The summed E-state index contributed by atoms with van der Waals surface area (Å²) in [6.45, 7) is 10.8. The van der Waals surface area contributed by atoms with Crippen molar-refractivity contribution < 1.29 is 14.6 Å². The third-order valence-corrected chi connectivity index (χ3v) is 6.30. The summed E-state index contributed by atoms with van der Waals surface area (Å²) in [4.78, 5) is 17.7. The summed E-state index contributed by atoms with van der Waals surface area (Å²) >= 11 is 0. The molecule has 30 heavy (non-hydrogen) atoms. The van der Waals surface area contributed by atoms with Crippen LogP contribution in [-0.2, 0) is 11.3 Å². The number of rotatable bonds is 11. The highest BCUT2D eigenvalue weighted by Gasteiger charge is 2.38. The van der Waals surface area contributed by atoms with Crippen molar-refractivity contribution in [2.45, 2.75) is 78.3 Å². The minimum Gasteiger partial charge on any atom is -0.493 e. The molecule has 0 saturated heterocycles. The van der Waals surface area contributed by atoms with Gasteiger partial charge in [0.1, 0.15) is 5.75 Å². The van der Waals surface area contributed by atoms with Crippen molar-refractivity contribution in [1.29, 1.82) is 0 Å². The van der Waals surface area contributed by atoms with Gasteiger partial charge in [0.2, 0.25) is 0 Å². The van der Waals surface area contributed by atoms with Crippen LogP contribution in [0.1, 0.15) is 68.6 Å². The number of aryl methyl sites for hydroxylation is 2. The van der Waals surface area contributed by atoms with Crippen LogP contribution in [0.15, 0.2) is 24.8 Å². The van der Waals surface area contributed by atoms with Crippen molar-refractivity contribution in [3.63, 3.8) is 0 Å². The van der Waals surface area contributed by atoms with Crippen LogP contribution in [0, 0.1) is 13.8 Å². The molecule has 1 aromatic heterocycles. The van der Waals surface area contributed by atoms with Gasteiger partial charge < -0.3 is 19.3 Å². The average molecular weight is 414 g/mol. The summed E-state index contributed by atoms with van der Waals surface area (Å²) < 4.78 is 8.34. The quantitative estimate of drug-likeness (QED) is 0.529. The predicted octanol–water partition coefficient (Wildman–Crippen LogP) is 4.93. The van der Waals surface area contributed by atoms with E-state index in [9.17, 15) is 9.90 Å². The van der Waals surface area contributed by atoms with Crippen molar-refractivity contribution in [2.75, 3.05) is 18.1 Å². The summed E-state index contributed by atoms with van der Waals surface area (Å²) in [5.74, 6) is 0.578. The molecule has 1 aliphatic heterocycles. The Bertz CT molecular complexity index is 848. The Hall–Kier alpha value is -2.50. The Morgan fingerprint density at radius 2 is 2.07 bits per heavy atom. The number of nitrogens with zero attached hydrogens (tertiary/aromatic N) is 3. The molecule has 6 nitrogen and oxygen atoms in total. The van der Waals surface area contributed by atoms with Crippen LogP contribution >= 0.6 is 0 Å². The number of anilines is 1. The second-order valence-corrected chi connectivity index (χ2v) is 8.41.